The van der Waals surface area contributed by atoms with Crippen molar-refractivity contribution in [3.8, 4) is 10.4 Å². The summed E-state index contributed by atoms with van der Waals surface area (Å²) in [6.07, 6.45) is 7.86. The molecule has 18 heavy (non-hydrogen) atoms. The van der Waals surface area contributed by atoms with E-state index in [2.05, 4.69) is 17.1 Å². The summed E-state index contributed by atoms with van der Waals surface area (Å²) in [7, 11) is 1.70. The SMILES string of the molecule is COCCn1cc(-c2cn3ncc(C)c3s2)cn1. The molecule has 0 radical (unpaired) electrons. The third-order valence-electron chi connectivity index (χ3n) is 2.81. The molecule has 5 nitrogen and oxygen atoms in total. The molecule has 0 fully saturated rings. The zero-order chi connectivity index (χ0) is 12.5. The number of nitrogens with zero attached hydrogens (tertiary/aromatic N) is 4. The quantitative estimate of drug-likeness (QED) is 0.724. The minimum atomic E-state index is 0.675. The molecule has 0 amide bonds. The highest BCUT2D eigenvalue weighted by Crippen LogP contribution is 2.29. The Morgan fingerprint density at radius 3 is 2.94 bits per heavy atom. The van der Waals surface area contributed by atoms with E-state index < -0.39 is 0 Å². The van der Waals surface area contributed by atoms with Gasteiger partial charge in [0.1, 0.15) is 4.83 Å². The van der Waals surface area contributed by atoms with Crippen molar-refractivity contribution in [1.82, 2.24) is 19.4 Å². The minimum absolute atomic E-state index is 0.675. The van der Waals surface area contributed by atoms with Gasteiger partial charge in [0.15, 0.2) is 0 Å². The van der Waals surface area contributed by atoms with Crippen LogP contribution in [0, 0.1) is 6.92 Å². The number of aryl methyl sites for hydroxylation is 1. The molecule has 0 saturated carbocycles. The van der Waals surface area contributed by atoms with Crippen molar-refractivity contribution in [1.29, 1.82) is 0 Å². The largest absolute Gasteiger partial charge is 0.383 e. The van der Waals surface area contributed by atoms with Gasteiger partial charge in [0.2, 0.25) is 0 Å². The Labute approximate surface area is 109 Å². The molecular weight excluding hydrogens is 248 g/mol. The Bertz CT molecular complexity index is 667. The lowest BCUT2D eigenvalue weighted by molar-refractivity contribution is 0.183. The van der Waals surface area contributed by atoms with Gasteiger partial charge in [-0.05, 0) is 6.92 Å². The molecule has 0 aliphatic rings. The molecule has 0 saturated heterocycles. The summed E-state index contributed by atoms with van der Waals surface area (Å²) in [6.45, 7) is 3.52. The van der Waals surface area contributed by atoms with Crippen molar-refractivity contribution in [2.45, 2.75) is 13.5 Å². The molecule has 0 aromatic carbocycles. The molecule has 94 valence electrons. The van der Waals surface area contributed by atoms with Crippen molar-refractivity contribution < 1.29 is 4.74 Å². The Kier molecular flexibility index (Phi) is 2.89. The van der Waals surface area contributed by atoms with E-state index in [1.807, 2.05) is 34.0 Å². The molecular formula is C12H14N4OS. The minimum Gasteiger partial charge on any atom is -0.383 e. The molecule has 0 aliphatic carbocycles. The molecule has 0 aliphatic heterocycles. The molecule has 0 N–H and O–H groups in total. The highest BCUT2D eigenvalue weighted by Gasteiger charge is 2.09. The number of ether oxygens (including phenoxy) is 1. The zero-order valence-electron chi connectivity index (χ0n) is 10.3. The first kappa shape index (κ1) is 11.4. The Balaban J connectivity index is 1.91. The fraction of sp³-hybridized carbons (Fsp3) is 0.333. The predicted molar refractivity (Wildman–Crippen MR) is 70.9 cm³/mol. The van der Waals surface area contributed by atoms with Gasteiger partial charge >= 0.3 is 0 Å². The number of methoxy groups -OCH3 is 1. The van der Waals surface area contributed by atoms with Gasteiger partial charge in [0.25, 0.3) is 0 Å². The highest BCUT2D eigenvalue weighted by molar-refractivity contribution is 7.20. The second-order valence-corrected chi connectivity index (χ2v) is 5.19. The summed E-state index contributed by atoms with van der Waals surface area (Å²) in [5.41, 5.74) is 2.33. The van der Waals surface area contributed by atoms with Crippen molar-refractivity contribution in [2.24, 2.45) is 0 Å². The van der Waals surface area contributed by atoms with E-state index in [1.165, 1.54) is 15.3 Å². The van der Waals surface area contributed by atoms with Crippen LogP contribution in [0.2, 0.25) is 0 Å². The first-order chi connectivity index (χ1) is 8.78. The number of rotatable bonds is 4. The number of thiazole rings is 1. The van der Waals surface area contributed by atoms with Crippen LogP contribution in [0.15, 0.2) is 24.8 Å². The maximum atomic E-state index is 5.04. The molecule has 0 bridgehead atoms. The third kappa shape index (κ3) is 1.93. The van der Waals surface area contributed by atoms with E-state index in [0.29, 0.717) is 6.61 Å². The lowest BCUT2D eigenvalue weighted by Gasteiger charge is -1.97. The smallest absolute Gasteiger partial charge is 0.122 e. The van der Waals surface area contributed by atoms with E-state index in [4.69, 9.17) is 4.74 Å². The van der Waals surface area contributed by atoms with Crippen LogP contribution in [0.4, 0.5) is 0 Å². The lowest BCUT2D eigenvalue weighted by atomic mass is 10.3. The van der Waals surface area contributed by atoms with Crippen LogP contribution < -0.4 is 0 Å². The molecule has 0 spiro atoms. The van der Waals surface area contributed by atoms with E-state index >= 15 is 0 Å². The summed E-state index contributed by atoms with van der Waals surface area (Å²) in [5.74, 6) is 0. The maximum Gasteiger partial charge on any atom is 0.122 e. The summed E-state index contributed by atoms with van der Waals surface area (Å²) in [5, 5.41) is 8.62. The summed E-state index contributed by atoms with van der Waals surface area (Å²) in [4.78, 5) is 2.37. The number of hydrogen-bond acceptors (Lipinski definition) is 4. The van der Waals surface area contributed by atoms with Crippen LogP contribution in [0.3, 0.4) is 0 Å². The van der Waals surface area contributed by atoms with Crippen molar-refractivity contribution in [2.75, 3.05) is 13.7 Å². The van der Waals surface area contributed by atoms with Gasteiger partial charge in [-0.2, -0.15) is 10.2 Å². The van der Waals surface area contributed by atoms with Crippen LogP contribution in [-0.2, 0) is 11.3 Å². The topological polar surface area (TPSA) is 44.4 Å². The first-order valence-electron chi connectivity index (χ1n) is 5.73. The monoisotopic (exact) mass is 262 g/mol. The molecule has 0 atom stereocenters. The van der Waals surface area contributed by atoms with Gasteiger partial charge in [-0.15, -0.1) is 11.3 Å². The van der Waals surface area contributed by atoms with Crippen molar-refractivity contribution >= 4 is 16.2 Å². The van der Waals surface area contributed by atoms with Gasteiger partial charge in [-0.3, -0.25) is 4.68 Å². The van der Waals surface area contributed by atoms with Gasteiger partial charge in [-0.25, -0.2) is 4.52 Å². The maximum absolute atomic E-state index is 5.04. The number of hydrogen-bond donors (Lipinski definition) is 0. The predicted octanol–water partition coefficient (Wildman–Crippen LogP) is 2.21. The Hall–Kier alpha value is -1.66. The second-order valence-electron chi connectivity index (χ2n) is 4.16. The number of aromatic nitrogens is 4. The van der Waals surface area contributed by atoms with Crippen LogP contribution in [0.5, 0.6) is 0 Å². The Morgan fingerprint density at radius 2 is 2.17 bits per heavy atom. The summed E-state index contributed by atoms with van der Waals surface area (Å²) >= 11 is 1.74. The van der Waals surface area contributed by atoms with E-state index in [1.54, 1.807) is 18.4 Å². The molecule has 3 rings (SSSR count). The van der Waals surface area contributed by atoms with E-state index in [-0.39, 0.29) is 0 Å². The molecule has 3 aromatic rings. The first-order valence-corrected chi connectivity index (χ1v) is 6.55. The second kappa shape index (κ2) is 4.55. The van der Waals surface area contributed by atoms with Crippen molar-refractivity contribution in [3.05, 3.63) is 30.4 Å². The average Bonchev–Trinajstić information content (AvgIpc) is 3.04. The van der Waals surface area contributed by atoms with Crippen molar-refractivity contribution in [3.63, 3.8) is 0 Å². The van der Waals surface area contributed by atoms with Gasteiger partial charge < -0.3 is 4.74 Å². The fourth-order valence-corrected chi connectivity index (χ4v) is 2.82. The normalized spacial score (nSPS) is 11.4. The standard InChI is InChI=1S/C12H14N4OS/c1-9-5-14-16-8-11(18-12(9)16)10-6-13-15(7-10)3-4-17-2/h5-8H,3-4H2,1-2H3. The molecule has 3 heterocycles. The van der Waals surface area contributed by atoms with E-state index in [9.17, 15) is 0 Å². The van der Waals surface area contributed by atoms with E-state index in [0.717, 1.165) is 12.1 Å². The fourth-order valence-electron chi connectivity index (χ4n) is 1.83. The summed E-state index contributed by atoms with van der Waals surface area (Å²) in [6, 6.07) is 0. The Morgan fingerprint density at radius 1 is 1.28 bits per heavy atom. The van der Waals surface area contributed by atoms with Crippen LogP contribution >= 0.6 is 11.3 Å². The van der Waals surface area contributed by atoms with Crippen LogP contribution in [0.1, 0.15) is 5.56 Å². The molecule has 3 aromatic heterocycles. The lowest BCUT2D eigenvalue weighted by Crippen LogP contribution is -2.03. The highest BCUT2D eigenvalue weighted by atomic mass is 32.1. The van der Waals surface area contributed by atoms with Gasteiger partial charge in [0, 0.05) is 30.6 Å². The number of fused-ring (bicyclic) bond motifs is 1. The summed E-state index contributed by atoms with van der Waals surface area (Å²) < 4.78 is 8.86. The van der Waals surface area contributed by atoms with Crippen LogP contribution in [0.25, 0.3) is 15.3 Å². The zero-order valence-corrected chi connectivity index (χ0v) is 11.1. The van der Waals surface area contributed by atoms with Crippen LogP contribution in [-0.4, -0.2) is 33.1 Å². The molecule has 0 unspecified atom stereocenters. The molecule has 6 heteroatoms. The third-order valence-corrected chi connectivity index (χ3v) is 4.07. The average molecular weight is 262 g/mol. The van der Waals surface area contributed by atoms with Gasteiger partial charge in [0.05, 0.1) is 30.4 Å². The van der Waals surface area contributed by atoms with Gasteiger partial charge in [-0.1, -0.05) is 0 Å².